The first-order valence-electron chi connectivity index (χ1n) is 7.39. The van der Waals surface area contributed by atoms with E-state index in [1.165, 1.54) is 11.8 Å². The molecule has 0 saturated carbocycles. The van der Waals surface area contributed by atoms with E-state index in [4.69, 9.17) is 4.74 Å². The smallest absolute Gasteiger partial charge is 0.320 e. The second-order valence-electron chi connectivity index (χ2n) is 5.44. The molecule has 23 heavy (non-hydrogen) atoms. The van der Waals surface area contributed by atoms with Crippen molar-refractivity contribution in [2.45, 2.75) is 23.5 Å². The van der Waals surface area contributed by atoms with E-state index in [-0.39, 0.29) is 23.7 Å². The van der Waals surface area contributed by atoms with Gasteiger partial charge in [0.25, 0.3) is 5.91 Å². The SMILES string of the molecule is Cc1ccc(NC(=O)COC(=O)C2Cc3ccccc3S2)cc1. The Balaban J connectivity index is 1.48. The number of hydrogen-bond acceptors (Lipinski definition) is 4. The van der Waals surface area contributed by atoms with Crippen molar-refractivity contribution in [3.63, 3.8) is 0 Å². The molecular weight excluding hydrogens is 310 g/mol. The van der Waals surface area contributed by atoms with Crippen molar-refractivity contribution in [1.29, 1.82) is 0 Å². The maximum atomic E-state index is 12.1. The molecule has 2 aromatic carbocycles. The molecule has 118 valence electrons. The summed E-state index contributed by atoms with van der Waals surface area (Å²) in [6.45, 7) is 1.71. The summed E-state index contributed by atoms with van der Waals surface area (Å²) >= 11 is 1.50. The predicted octanol–water partition coefficient (Wildman–Crippen LogP) is 3.19. The number of anilines is 1. The Bertz CT molecular complexity index is 702. The zero-order chi connectivity index (χ0) is 16.2. The van der Waals surface area contributed by atoms with E-state index in [1.54, 1.807) is 0 Å². The molecule has 0 saturated heterocycles. The average Bonchev–Trinajstić information content (AvgIpc) is 2.99. The van der Waals surface area contributed by atoms with Crippen LogP contribution in [0.3, 0.4) is 0 Å². The van der Waals surface area contributed by atoms with Gasteiger partial charge in [-0.05, 0) is 37.1 Å². The quantitative estimate of drug-likeness (QED) is 0.876. The lowest BCUT2D eigenvalue weighted by Gasteiger charge is -2.09. The van der Waals surface area contributed by atoms with E-state index in [1.807, 2.05) is 55.5 Å². The lowest BCUT2D eigenvalue weighted by Crippen LogP contribution is -2.26. The van der Waals surface area contributed by atoms with Crippen LogP contribution in [-0.4, -0.2) is 23.7 Å². The monoisotopic (exact) mass is 327 g/mol. The Morgan fingerprint density at radius 2 is 1.91 bits per heavy atom. The third kappa shape index (κ3) is 3.93. The molecule has 4 nitrogen and oxygen atoms in total. The van der Waals surface area contributed by atoms with Crippen LogP contribution >= 0.6 is 11.8 Å². The van der Waals surface area contributed by atoms with Gasteiger partial charge in [0.1, 0.15) is 5.25 Å². The molecule has 0 aliphatic carbocycles. The number of esters is 1. The van der Waals surface area contributed by atoms with Gasteiger partial charge in [0.05, 0.1) is 0 Å². The van der Waals surface area contributed by atoms with Crippen LogP contribution in [-0.2, 0) is 20.7 Å². The molecule has 0 bridgehead atoms. The van der Waals surface area contributed by atoms with Crippen molar-refractivity contribution in [2.24, 2.45) is 0 Å². The molecule has 2 aromatic rings. The number of rotatable bonds is 4. The number of thioether (sulfide) groups is 1. The second kappa shape index (κ2) is 6.87. The Kier molecular flexibility index (Phi) is 4.67. The lowest BCUT2D eigenvalue weighted by atomic mass is 10.1. The maximum absolute atomic E-state index is 12.1. The maximum Gasteiger partial charge on any atom is 0.320 e. The van der Waals surface area contributed by atoms with Gasteiger partial charge in [-0.3, -0.25) is 9.59 Å². The Morgan fingerprint density at radius 3 is 2.65 bits per heavy atom. The van der Waals surface area contributed by atoms with Gasteiger partial charge in [-0.2, -0.15) is 0 Å². The number of ether oxygens (including phenoxy) is 1. The minimum absolute atomic E-state index is 0.264. The number of carbonyl (C=O) groups is 2. The Morgan fingerprint density at radius 1 is 1.17 bits per heavy atom. The lowest BCUT2D eigenvalue weighted by molar-refractivity contribution is -0.146. The summed E-state index contributed by atoms with van der Waals surface area (Å²) in [5.41, 5.74) is 2.97. The number of amides is 1. The van der Waals surface area contributed by atoms with Crippen LogP contribution in [0.2, 0.25) is 0 Å². The van der Waals surface area contributed by atoms with Crippen molar-refractivity contribution < 1.29 is 14.3 Å². The minimum Gasteiger partial charge on any atom is -0.455 e. The van der Waals surface area contributed by atoms with Crippen molar-refractivity contribution in [3.8, 4) is 0 Å². The molecule has 0 aromatic heterocycles. The molecule has 0 fully saturated rings. The number of benzene rings is 2. The molecule has 5 heteroatoms. The Hall–Kier alpha value is -2.27. The second-order valence-corrected chi connectivity index (χ2v) is 6.68. The molecule has 1 unspecified atom stereocenters. The van der Waals surface area contributed by atoms with Gasteiger partial charge in [-0.1, -0.05) is 35.9 Å². The summed E-state index contributed by atoms with van der Waals surface area (Å²) < 4.78 is 5.14. The van der Waals surface area contributed by atoms with Crippen molar-refractivity contribution >= 4 is 29.3 Å². The summed E-state index contributed by atoms with van der Waals surface area (Å²) in [6.07, 6.45) is 0.652. The highest BCUT2D eigenvalue weighted by atomic mass is 32.2. The molecule has 1 amide bonds. The van der Waals surface area contributed by atoms with Crippen LogP contribution in [0.25, 0.3) is 0 Å². The third-order valence-corrected chi connectivity index (χ3v) is 4.89. The van der Waals surface area contributed by atoms with Crippen LogP contribution < -0.4 is 5.32 Å². The zero-order valence-corrected chi connectivity index (χ0v) is 13.6. The molecule has 1 heterocycles. The number of hydrogen-bond donors (Lipinski definition) is 1. The largest absolute Gasteiger partial charge is 0.455 e. The van der Waals surface area contributed by atoms with Crippen LogP contribution in [0.5, 0.6) is 0 Å². The fourth-order valence-electron chi connectivity index (χ4n) is 2.38. The normalized spacial score (nSPS) is 15.8. The van der Waals surface area contributed by atoms with Gasteiger partial charge in [-0.25, -0.2) is 0 Å². The van der Waals surface area contributed by atoms with Gasteiger partial charge in [0.2, 0.25) is 0 Å². The summed E-state index contributed by atoms with van der Waals surface area (Å²) in [5.74, 6) is -0.673. The van der Waals surface area contributed by atoms with E-state index < -0.39 is 0 Å². The summed E-state index contributed by atoms with van der Waals surface area (Å²) in [6, 6.07) is 15.4. The first-order chi connectivity index (χ1) is 11.1. The van der Waals surface area contributed by atoms with Crippen molar-refractivity contribution in [2.75, 3.05) is 11.9 Å². The number of aryl methyl sites for hydroxylation is 1. The molecular formula is C18H17NO3S. The molecule has 0 spiro atoms. The van der Waals surface area contributed by atoms with Crippen LogP contribution in [0.15, 0.2) is 53.4 Å². The van der Waals surface area contributed by atoms with Gasteiger partial charge in [0, 0.05) is 10.6 Å². The zero-order valence-electron chi connectivity index (χ0n) is 12.7. The third-order valence-electron chi connectivity index (χ3n) is 3.59. The van der Waals surface area contributed by atoms with Gasteiger partial charge < -0.3 is 10.1 Å². The van der Waals surface area contributed by atoms with Gasteiger partial charge >= 0.3 is 5.97 Å². The molecule has 3 rings (SSSR count). The highest BCUT2D eigenvalue weighted by Crippen LogP contribution is 2.37. The van der Waals surface area contributed by atoms with E-state index in [2.05, 4.69) is 5.32 Å². The van der Waals surface area contributed by atoms with Gasteiger partial charge in [-0.15, -0.1) is 11.8 Å². The standard InChI is InChI=1S/C18H17NO3S/c1-12-6-8-14(9-7-12)19-17(20)11-22-18(21)16-10-13-4-2-3-5-15(13)23-16/h2-9,16H,10-11H2,1H3,(H,19,20). The average molecular weight is 327 g/mol. The molecule has 1 aliphatic heterocycles. The highest BCUT2D eigenvalue weighted by Gasteiger charge is 2.29. The molecule has 1 aliphatic rings. The molecule has 1 N–H and O–H groups in total. The predicted molar refractivity (Wildman–Crippen MR) is 90.6 cm³/mol. The first-order valence-corrected chi connectivity index (χ1v) is 8.27. The van der Waals surface area contributed by atoms with Crippen LogP contribution in [0.4, 0.5) is 5.69 Å². The minimum atomic E-state index is -0.342. The van der Waals surface area contributed by atoms with Crippen molar-refractivity contribution in [1.82, 2.24) is 0 Å². The number of fused-ring (bicyclic) bond motifs is 1. The van der Waals surface area contributed by atoms with Crippen LogP contribution in [0, 0.1) is 6.92 Å². The molecule has 1 atom stereocenters. The topological polar surface area (TPSA) is 55.4 Å². The van der Waals surface area contributed by atoms with E-state index in [9.17, 15) is 9.59 Å². The fraction of sp³-hybridized carbons (Fsp3) is 0.222. The van der Waals surface area contributed by atoms with E-state index >= 15 is 0 Å². The number of carbonyl (C=O) groups excluding carboxylic acids is 2. The summed E-state index contributed by atoms with van der Waals surface area (Å²) in [7, 11) is 0. The Labute approximate surface area is 139 Å². The fourth-order valence-corrected chi connectivity index (χ4v) is 3.57. The highest BCUT2D eigenvalue weighted by molar-refractivity contribution is 8.01. The van der Waals surface area contributed by atoms with Crippen molar-refractivity contribution in [3.05, 3.63) is 59.7 Å². The molecule has 0 radical (unpaired) electrons. The van der Waals surface area contributed by atoms with E-state index in [0.717, 1.165) is 16.0 Å². The summed E-state index contributed by atoms with van der Waals surface area (Å²) in [4.78, 5) is 25.0. The van der Waals surface area contributed by atoms with E-state index in [0.29, 0.717) is 12.1 Å². The van der Waals surface area contributed by atoms with Crippen LogP contribution in [0.1, 0.15) is 11.1 Å². The summed E-state index contributed by atoms with van der Waals surface area (Å²) in [5, 5.41) is 2.44. The number of nitrogens with one attached hydrogen (secondary N) is 1. The first kappa shape index (κ1) is 15.6. The van der Waals surface area contributed by atoms with Gasteiger partial charge in [0.15, 0.2) is 6.61 Å².